The number of allylic oxidation sites excluding steroid dienone is 1. The topological polar surface area (TPSA) is 71.6 Å². The lowest BCUT2D eigenvalue weighted by Crippen LogP contribution is -2.45. The maximum absolute atomic E-state index is 13.1. The number of ether oxygens (including phenoxy) is 2. The smallest absolute Gasteiger partial charge is 0.255 e. The zero-order chi connectivity index (χ0) is 20.3. The molecule has 1 amide bonds. The molecule has 0 radical (unpaired) electrons. The Bertz CT molecular complexity index is 944. The zero-order valence-corrected chi connectivity index (χ0v) is 16.4. The second-order valence-electron chi connectivity index (χ2n) is 6.14. The average molecular weight is 401 g/mol. The normalized spacial score (nSPS) is 16.1. The summed E-state index contributed by atoms with van der Waals surface area (Å²) >= 11 is 5.28. The Balaban J connectivity index is 1.99. The molecule has 0 bridgehead atoms. The summed E-state index contributed by atoms with van der Waals surface area (Å²) in [6.45, 7) is 1.77. The highest BCUT2D eigenvalue weighted by Gasteiger charge is 2.32. The van der Waals surface area contributed by atoms with E-state index in [0.29, 0.717) is 33.6 Å². The van der Waals surface area contributed by atoms with E-state index < -0.39 is 6.04 Å². The third-order valence-corrected chi connectivity index (χ3v) is 4.59. The van der Waals surface area contributed by atoms with Crippen LogP contribution in [-0.4, -0.2) is 25.2 Å². The van der Waals surface area contributed by atoms with Crippen molar-refractivity contribution in [1.82, 2.24) is 10.6 Å². The number of halogens is 1. The second kappa shape index (κ2) is 8.26. The minimum atomic E-state index is -0.532. The van der Waals surface area contributed by atoms with Crippen molar-refractivity contribution in [3.05, 3.63) is 65.1 Å². The SMILES string of the molecule is COc1ccc([C@@H]2NC(=S)NC(C)=C2C(=O)Nc2ccc(F)cc2)c(OC)c1. The number of nitrogens with one attached hydrogen (secondary N) is 3. The van der Waals surface area contributed by atoms with Crippen LogP contribution in [0.1, 0.15) is 18.5 Å². The van der Waals surface area contributed by atoms with E-state index in [-0.39, 0.29) is 11.7 Å². The van der Waals surface area contributed by atoms with Gasteiger partial charge in [0.1, 0.15) is 17.3 Å². The molecule has 0 aliphatic carbocycles. The van der Waals surface area contributed by atoms with E-state index in [1.807, 2.05) is 6.07 Å². The molecule has 1 atom stereocenters. The first kappa shape index (κ1) is 19.6. The predicted octanol–water partition coefficient (Wildman–Crippen LogP) is 3.27. The Kier molecular flexibility index (Phi) is 5.79. The van der Waals surface area contributed by atoms with E-state index in [1.165, 1.54) is 24.3 Å². The van der Waals surface area contributed by atoms with Crippen LogP contribution < -0.4 is 25.4 Å². The highest BCUT2D eigenvalue weighted by Crippen LogP contribution is 2.35. The fourth-order valence-electron chi connectivity index (χ4n) is 3.02. The molecule has 2 aromatic carbocycles. The molecular formula is C20H20FN3O3S. The van der Waals surface area contributed by atoms with Gasteiger partial charge in [0.05, 0.1) is 25.8 Å². The summed E-state index contributed by atoms with van der Waals surface area (Å²) in [4.78, 5) is 13.0. The van der Waals surface area contributed by atoms with Crippen LogP contribution in [0.3, 0.4) is 0 Å². The molecule has 0 aromatic heterocycles. The van der Waals surface area contributed by atoms with Crippen molar-refractivity contribution >= 4 is 28.9 Å². The van der Waals surface area contributed by atoms with Crippen molar-refractivity contribution in [3.8, 4) is 11.5 Å². The van der Waals surface area contributed by atoms with Gasteiger partial charge in [0.25, 0.3) is 5.91 Å². The highest BCUT2D eigenvalue weighted by atomic mass is 32.1. The number of rotatable bonds is 5. The van der Waals surface area contributed by atoms with Crippen molar-refractivity contribution < 1.29 is 18.7 Å². The van der Waals surface area contributed by atoms with Crippen molar-refractivity contribution in [2.75, 3.05) is 19.5 Å². The number of hydrogen-bond donors (Lipinski definition) is 3. The largest absolute Gasteiger partial charge is 0.497 e. The molecule has 3 rings (SSSR count). The lowest BCUT2D eigenvalue weighted by molar-refractivity contribution is -0.113. The summed E-state index contributed by atoms with van der Waals surface area (Å²) in [5.41, 5.74) is 2.28. The van der Waals surface area contributed by atoms with Gasteiger partial charge in [0.2, 0.25) is 0 Å². The van der Waals surface area contributed by atoms with Crippen LogP contribution in [0.25, 0.3) is 0 Å². The van der Waals surface area contributed by atoms with Gasteiger partial charge in [0.15, 0.2) is 5.11 Å². The Morgan fingerprint density at radius 1 is 1.14 bits per heavy atom. The van der Waals surface area contributed by atoms with E-state index >= 15 is 0 Å². The Labute approximate surface area is 167 Å². The van der Waals surface area contributed by atoms with Crippen LogP contribution in [0.15, 0.2) is 53.7 Å². The number of hydrogen-bond acceptors (Lipinski definition) is 4. The molecule has 146 valence electrons. The highest BCUT2D eigenvalue weighted by molar-refractivity contribution is 7.80. The molecule has 3 N–H and O–H groups in total. The summed E-state index contributed by atoms with van der Waals surface area (Å²) in [5, 5.41) is 9.29. The molecule has 8 heteroatoms. The zero-order valence-electron chi connectivity index (χ0n) is 15.6. The number of carbonyl (C=O) groups excluding carboxylic acids is 1. The van der Waals surface area contributed by atoms with Crippen LogP contribution in [0, 0.1) is 5.82 Å². The molecular weight excluding hydrogens is 381 g/mol. The molecule has 6 nitrogen and oxygen atoms in total. The van der Waals surface area contributed by atoms with E-state index in [4.69, 9.17) is 21.7 Å². The van der Waals surface area contributed by atoms with Crippen molar-refractivity contribution in [2.45, 2.75) is 13.0 Å². The summed E-state index contributed by atoms with van der Waals surface area (Å²) in [6.07, 6.45) is 0. The minimum absolute atomic E-state index is 0.338. The third-order valence-electron chi connectivity index (χ3n) is 4.37. The van der Waals surface area contributed by atoms with Gasteiger partial charge in [-0.1, -0.05) is 0 Å². The fourth-order valence-corrected chi connectivity index (χ4v) is 3.29. The summed E-state index contributed by atoms with van der Waals surface area (Å²) in [7, 11) is 3.12. The standard InChI is InChI=1S/C20H20FN3O3S/c1-11-17(19(25)23-13-6-4-12(21)5-7-13)18(24-20(28)22-11)15-9-8-14(26-2)10-16(15)27-3/h4-10,18H,1-3H3,(H,23,25)(H2,22,24,28)/t18-/m0/s1. The molecule has 1 aliphatic rings. The first-order valence-electron chi connectivity index (χ1n) is 8.50. The van der Waals surface area contributed by atoms with Crippen molar-refractivity contribution in [3.63, 3.8) is 0 Å². The van der Waals surface area contributed by atoms with Crippen LogP contribution in [0.5, 0.6) is 11.5 Å². The minimum Gasteiger partial charge on any atom is -0.497 e. The van der Waals surface area contributed by atoms with Crippen LogP contribution in [0.2, 0.25) is 0 Å². The van der Waals surface area contributed by atoms with Gasteiger partial charge in [-0.2, -0.15) is 0 Å². The Hall–Kier alpha value is -3.13. The fraction of sp³-hybridized carbons (Fsp3) is 0.200. The van der Waals surface area contributed by atoms with E-state index in [1.54, 1.807) is 33.3 Å². The number of methoxy groups -OCH3 is 2. The number of benzene rings is 2. The Morgan fingerprint density at radius 2 is 1.86 bits per heavy atom. The lowest BCUT2D eigenvalue weighted by Gasteiger charge is -2.31. The van der Waals surface area contributed by atoms with E-state index in [0.717, 1.165) is 5.56 Å². The first-order valence-corrected chi connectivity index (χ1v) is 8.91. The van der Waals surface area contributed by atoms with Gasteiger partial charge in [-0.25, -0.2) is 4.39 Å². The number of amides is 1. The van der Waals surface area contributed by atoms with Gasteiger partial charge in [0, 0.05) is 23.0 Å². The maximum atomic E-state index is 13.1. The van der Waals surface area contributed by atoms with Crippen LogP contribution >= 0.6 is 12.2 Å². The number of anilines is 1. The van der Waals surface area contributed by atoms with Crippen molar-refractivity contribution in [2.24, 2.45) is 0 Å². The molecule has 0 spiro atoms. The van der Waals surface area contributed by atoms with Gasteiger partial charge in [-0.05, 0) is 55.5 Å². The molecule has 0 saturated carbocycles. The number of carbonyl (C=O) groups is 1. The predicted molar refractivity (Wildman–Crippen MR) is 109 cm³/mol. The Morgan fingerprint density at radius 3 is 2.50 bits per heavy atom. The quantitative estimate of drug-likeness (QED) is 0.668. The second-order valence-corrected chi connectivity index (χ2v) is 6.55. The van der Waals surface area contributed by atoms with Crippen LogP contribution in [-0.2, 0) is 4.79 Å². The van der Waals surface area contributed by atoms with Gasteiger partial charge >= 0.3 is 0 Å². The molecule has 28 heavy (non-hydrogen) atoms. The first-order chi connectivity index (χ1) is 13.4. The summed E-state index contributed by atoms with van der Waals surface area (Å²) in [6, 6.07) is 10.4. The van der Waals surface area contributed by atoms with E-state index in [2.05, 4.69) is 16.0 Å². The monoisotopic (exact) mass is 401 g/mol. The van der Waals surface area contributed by atoms with Gasteiger partial charge in [-0.15, -0.1) is 0 Å². The average Bonchev–Trinajstić information content (AvgIpc) is 2.68. The maximum Gasteiger partial charge on any atom is 0.255 e. The lowest BCUT2D eigenvalue weighted by atomic mass is 9.94. The number of thiocarbonyl (C=S) groups is 1. The third kappa shape index (κ3) is 4.07. The molecule has 0 fully saturated rings. The van der Waals surface area contributed by atoms with Gasteiger partial charge < -0.3 is 25.4 Å². The summed E-state index contributed by atoms with van der Waals surface area (Å²) < 4.78 is 23.9. The van der Waals surface area contributed by atoms with Gasteiger partial charge in [-0.3, -0.25) is 4.79 Å². The molecule has 0 unspecified atom stereocenters. The van der Waals surface area contributed by atoms with Crippen LogP contribution in [0.4, 0.5) is 10.1 Å². The molecule has 2 aromatic rings. The molecule has 0 saturated heterocycles. The van der Waals surface area contributed by atoms with Crippen molar-refractivity contribution in [1.29, 1.82) is 0 Å². The molecule has 1 aliphatic heterocycles. The molecule has 1 heterocycles. The van der Waals surface area contributed by atoms with E-state index in [9.17, 15) is 9.18 Å². The summed E-state index contributed by atoms with van der Waals surface area (Å²) in [5.74, 6) is 0.478.